The first-order valence-electron chi connectivity index (χ1n) is 6.22. The Hall–Kier alpha value is -1.03. The van der Waals surface area contributed by atoms with E-state index in [-0.39, 0.29) is 6.04 Å². The Morgan fingerprint density at radius 3 is 2.74 bits per heavy atom. The standard InChI is InChI=1S/C14H17Cl2N3/c1-10(12-3-4-13(15)14(16)7-12)17-6-5-11-8-18-19(2)9-11/h3-4,7-10,17H,5-6H2,1-2H3. The summed E-state index contributed by atoms with van der Waals surface area (Å²) >= 11 is 11.9. The van der Waals surface area contributed by atoms with E-state index in [4.69, 9.17) is 23.2 Å². The van der Waals surface area contributed by atoms with Crippen molar-refractivity contribution in [1.82, 2.24) is 15.1 Å². The van der Waals surface area contributed by atoms with E-state index in [0.29, 0.717) is 10.0 Å². The Morgan fingerprint density at radius 1 is 1.32 bits per heavy atom. The number of hydrogen-bond donors (Lipinski definition) is 1. The van der Waals surface area contributed by atoms with Crippen LogP contribution in [0, 0.1) is 0 Å². The lowest BCUT2D eigenvalue weighted by Gasteiger charge is -2.14. The molecular weight excluding hydrogens is 281 g/mol. The van der Waals surface area contributed by atoms with Crippen molar-refractivity contribution in [1.29, 1.82) is 0 Å². The number of aromatic nitrogens is 2. The van der Waals surface area contributed by atoms with Gasteiger partial charge in [0, 0.05) is 19.3 Å². The van der Waals surface area contributed by atoms with E-state index in [9.17, 15) is 0 Å². The fraction of sp³-hybridized carbons (Fsp3) is 0.357. The largest absolute Gasteiger partial charge is 0.310 e. The quantitative estimate of drug-likeness (QED) is 0.913. The van der Waals surface area contributed by atoms with Crippen LogP contribution in [-0.2, 0) is 13.5 Å². The van der Waals surface area contributed by atoms with Crippen LogP contribution in [0.5, 0.6) is 0 Å². The van der Waals surface area contributed by atoms with E-state index in [1.807, 2.05) is 42.3 Å². The van der Waals surface area contributed by atoms with Gasteiger partial charge in [0.15, 0.2) is 0 Å². The molecule has 3 nitrogen and oxygen atoms in total. The number of aryl methyl sites for hydroxylation is 1. The second kappa shape index (κ2) is 6.42. The fourth-order valence-electron chi connectivity index (χ4n) is 1.93. The van der Waals surface area contributed by atoms with Crippen molar-refractivity contribution >= 4 is 23.2 Å². The number of hydrogen-bond acceptors (Lipinski definition) is 2. The molecule has 0 aliphatic heterocycles. The Labute approximate surface area is 123 Å². The van der Waals surface area contributed by atoms with Crippen molar-refractivity contribution in [3.8, 4) is 0 Å². The van der Waals surface area contributed by atoms with Crippen molar-refractivity contribution in [2.75, 3.05) is 6.54 Å². The van der Waals surface area contributed by atoms with Crippen LogP contribution in [0.25, 0.3) is 0 Å². The normalized spacial score (nSPS) is 12.6. The molecule has 0 spiro atoms. The second-order valence-corrected chi connectivity index (χ2v) is 5.44. The molecule has 0 radical (unpaired) electrons. The number of halogens is 2. The Balaban J connectivity index is 1.86. The average molecular weight is 298 g/mol. The first-order valence-corrected chi connectivity index (χ1v) is 6.97. The summed E-state index contributed by atoms with van der Waals surface area (Å²) in [6.45, 7) is 3.01. The van der Waals surface area contributed by atoms with E-state index in [0.717, 1.165) is 18.5 Å². The minimum Gasteiger partial charge on any atom is -0.310 e. The molecule has 0 fully saturated rings. The maximum Gasteiger partial charge on any atom is 0.0595 e. The molecule has 1 unspecified atom stereocenters. The van der Waals surface area contributed by atoms with Gasteiger partial charge in [-0.05, 0) is 43.1 Å². The van der Waals surface area contributed by atoms with Crippen LogP contribution in [0.15, 0.2) is 30.6 Å². The van der Waals surface area contributed by atoms with Gasteiger partial charge in [0.25, 0.3) is 0 Å². The van der Waals surface area contributed by atoms with E-state index in [2.05, 4.69) is 17.3 Å². The number of nitrogens with zero attached hydrogens (tertiary/aromatic N) is 2. The lowest BCUT2D eigenvalue weighted by Crippen LogP contribution is -2.21. The minimum absolute atomic E-state index is 0.242. The van der Waals surface area contributed by atoms with Crippen LogP contribution in [-0.4, -0.2) is 16.3 Å². The van der Waals surface area contributed by atoms with E-state index < -0.39 is 0 Å². The zero-order valence-corrected chi connectivity index (χ0v) is 12.5. The van der Waals surface area contributed by atoms with Crippen molar-refractivity contribution in [3.05, 3.63) is 51.8 Å². The van der Waals surface area contributed by atoms with Crippen LogP contribution in [0.1, 0.15) is 24.1 Å². The molecule has 2 rings (SSSR count). The predicted molar refractivity (Wildman–Crippen MR) is 79.8 cm³/mol. The molecular formula is C14H17Cl2N3. The Kier molecular flexibility index (Phi) is 4.86. The molecule has 2 aromatic rings. The van der Waals surface area contributed by atoms with Crippen LogP contribution in [0.3, 0.4) is 0 Å². The maximum absolute atomic E-state index is 6.02. The molecule has 0 bridgehead atoms. The molecule has 102 valence electrons. The molecule has 0 amide bonds. The highest BCUT2D eigenvalue weighted by Gasteiger charge is 2.07. The van der Waals surface area contributed by atoms with Gasteiger partial charge in [-0.25, -0.2) is 0 Å². The van der Waals surface area contributed by atoms with Gasteiger partial charge in [0.05, 0.1) is 16.2 Å². The van der Waals surface area contributed by atoms with Crippen molar-refractivity contribution in [3.63, 3.8) is 0 Å². The summed E-state index contributed by atoms with van der Waals surface area (Å²) in [5.41, 5.74) is 2.37. The highest BCUT2D eigenvalue weighted by atomic mass is 35.5. The van der Waals surface area contributed by atoms with Crippen molar-refractivity contribution < 1.29 is 0 Å². The van der Waals surface area contributed by atoms with E-state index >= 15 is 0 Å². The Morgan fingerprint density at radius 2 is 2.11 bits per heavy atom. The first kappa shape index (κ1) is 14.4. The SMILES string of the molecule is CC(NCCc1cnn(C)c1)c1ccc(Cl)c(Cl)c1. The summed E-state index contributed by atoms with van der Waals surface area (Å²) in [6, 6.07) is 5.98. The monoisotopic (exact) mass is 297 g/mol. The third-order valence-corrected chi connectivity index (χ3v) is 3.81. The fourth-order valence-corrected chi connectivity index (χ4v) is 2.24. The van der Waals surface area contributed by atoms with Gasteiger partial charge in [-0.1, -0.05) is 29.3 Å². The minimum atomic E-state index is 0.242. The molecule has 1 aromatic heterocycles. The highest BCUT2D eigenvalue weighted by molar-refractivity contribution is 6.42. The number of nitrogens with one attached hydrogen (secondary N) is 1. The second-order valence-electron chi connectivity index (χ2n) is 4.62. The van der Waals surface area contributed by atoms with Gasteiger partial charge in [0.1, 0.15) is 0 Å². The smallest absolute Gasteiger partial charge is 0.0595 e. The molecule has 1 N–H and O–H groups in total. The Bertz CT molecular complexity index is 551. The topological polar surface area (TPSA) is 29.9 Å². The summed E-state index contributed by atoms with van der Waals surface area (Å²) in [4.78, 5) is 0. The molecule has 1 atom stereocenters. The van der Waals surface area contributed by atoms with Gasteiger partial charge < -0.3 is 5.32 Å². The van der Waals surface area contributed by atoms with Crippen molar-refractivity contribution in [2.45, 2.75) is 19.4 Å². The van der Waals surface area contributed by atoms with E-state index in [1.165, 1.54) is 5.56 Å². The number of benzene rings is 1. The van der Waals surface area contributed by atoms with Crippen LogP contribution in [0.2, 0.25) is 10.0 Å². The zero-order valence-electron chi connectivity index (χ0n) is 11.0. The molecule has 0 saturated carbocycles. The first-order chi connectivity index (χ1) is 9.06. The molecule has 5 heteroatoms. The molecule has 0 aliphatic rings. The molecule has 19 heavy (non-hydrogen) atoms. The van der Waals surface area contributed by atoms with Crippen LogP contribution < -0.4 is 5.32 Å². The maximum atomic E-state index is 6.02. The summed E-state index contributed by atoms with van der Waals surface area (Å²) < 4.78 is 1.82. The lowest BCUT2D eigenvalue weighted by molar-refractivity contribution is 0.577. The van der Waals surface area contributed by atoms with E-state index in [1.54, 1.807) is 0 Å². The van der Waals surface area contributed by atoms with Gasteiger partial charge in [-0.15, -0.1) is 0 Å². The van der Waals surface area contributed by atoms with Gasteiger partial charge in [0.2, 0.25) is 0 Å². The highest BCUT2D eigenvalue weighted by Crippen LogP contribution is 2.25. The zero-order chi connectivity index (χ0) is 13.8. The van der Waals surface area contributed by atoms with Crippen molar-refractivity contribution in [2.24, 2.45) is 7.05 Å². The molecule has 1 heterocycles. The van der Waals surface area contributed by atoms with Gasteiger partial charge >= 0.3 is 0 Å². The molecule has 1 aromatic carbocycles. The predicted octanol–water partition coefficient (Wildman–Crippen LogP) is 3.62. The summed E-state index contributed by atoms with van der Waals surface area (Å²) in [6.07, 6.45) is 4.89. The van der Waals surface area contributed by atoms with Crippen LogP contribution in [0.4, 0.5) is 0 Å². The third kappa shape index (κ3) is 3.96. The lowest BCUT2D eigenvalue weighted by atomic mass is 10.1. The average Bonchev–Trinajstić information content (AvgIpc) is 2.78. The van der Waals surface area contributed by atoms with Crippen LogP contribution >= 0.6 is 23.2 Å². The molecule has 0 aliphatic carbocycles. The third-order valence-electron chi connectivity index (χ3n) is 3.07. The molecule has 0 saturated heterocycles. The summed E-state index contributed by atoms with van der Waals surface area (Å²) in [7, 11) is 1.93. The summed E-state index contributed by atoms with van der Waals surface area (Å²) in [5, 5.41) is 8.80. The summed E-state index contributed by atoms with van der Waals surface area (Å²) in [5.74, 6) is 0. The number of rotatable bonds is 5. The van der Waals surface area contributed by atoms with Gasteiger partial charge in [-0.3, -0.25) is 4.68 Å². The van der Waals surface area contributed by atoms with Gasteiger partial charge in [-0.2, -0.15) is 5.10 Å².